The number of hydrogen-bond donors (Lipinski definition) is 1. The van der Waals surface area contributed by atoms with E-state index in [0.29, 0.717) is 0 Å². The summed E-state index contributed by atoms with van der Waals surface area (Å²) < 4.78 is 3.38. The van der Waals surface area contributed by atoms with E-state index in [1.54, 1.807) is 0 Å². The fourth-order valence-corrected chi connectivity index (χ4v) is 5.70. The first-order chi connectivity index (χ1) is 9.74. The van der Waals surface area contributed by atoms with Crippen LogP contribution in [0.4, 0.5) is 0 Å². The molecule has 1 aromatic heterocycles. The predicted molar refractivity (Wildman–Crippen MR) is 83.4 cm³/mol. The van der Waals surface area contributed by atoms with E-state index in [2.05, 4.69) is 44.9 Å². The summed E-state index contributed by atoms with van der Waals surface area (Å²) in [6, 6.07) is 0.804. The Balaban J connectivity index is 1.44. The van der Waals surface area contributed by atoms with Crippen LogP contribution < -0.4 is 5.32 Å². The van der Waals surface area contributed by atoms with Crippen molar-refractivity contribution in [2.45, 2.75) is 58.7 Å². The quantitative estimate of drug-likeness (QED) is 0.892. The molecule has 4 heteroatoms. The summed E-state index contributed by atoms with van der Waals surface area (Å²) in [4.78, 5) is 0. The normalized spacial score (nSPS) is 37.5. The van der Waals surface area contributed by atoms with Crippen molar-refractivity contribution < 1.29 is 0 Å². The van der Waals surface area contributed by atoms with Gasteiger partial charge in [0.1, 0.15) is 0 Å². The molecule has 4 rings (SSSR count). The van der Waals surface area contributed by atoms with Gasteiger partial charge in [-0.1, -0.05) is 6.92 Å². The van der Waals surface area contributed by atoms with Crippen molar-refractivity contribution in [1.29, 1.82) is 0 Å². The molecule has 0 aliphatic heterocycles. The summed E-state index contributed by atoms with van der Waals surface area (Å²) in [6.45, 7) is 6.28. The third kappa shape index (κ3) is 1.83. The highest BCUT2D eigenvalue weighted by Crippen LogP contribution is 2.65. The lowest BCUT2D eigenvalue weighted by Crippen LogP contribution is -2.24. The number of halogens is 1. The van der Waals surface area contributed by atoms with Crippen molar-refractivity contribution in [3.05, 3.63) is 15.9 Å². The van der Waals surface area contributed by atoms with Crippen molar-refractivity contribution in [2.75, 3.05) is 0 Å². The van der Waals surface area contributed by atoms with Gasteiger partial charge in [-0.2, -0.15) is 5.10 Å². The van der Waals surface area contributed by atoms with Crippen molar-refractivity contribution in [3.8, 4) is 0 Å². The van der Waals surface area contributed by atoms with Gasteiger partial charge in [-0.3, -0.25) is 4.68 Å². The number of fused-ring (bicyclic) bond motifs is 5. The maximum absolute atomic E-state index is 4.69. The molecule has 20 heavy (non-hydrogen) atoms. The van der Waals surface area contributed by atoms with E-state index in [-0.39, 0.29) is 0 Å². The standard InChI is InChI=1S/C16H24BrN3/c1-3-11-15(17)12(20(4-2)19-11)8-18-16-13-9-5-6-10(7-9)14(13)16/h9-10,13-14,16,18H,3-8H2,1-2H3. The van der Waals surface area contributed by atoms with Crippen LogP contribution in [-0.2, 0) is 19.5 Å². The highest BCUT2D eigenvalue weighted by Gasteiger charge is 2.64. The molecular formula is C16H24BrN3. The molecule has 0 spiro atoms. The number of hydrogen-bond acceptors (Lipinski definition) is 2. The molecule has 3 aliphatic carbocycles. The van der Waals surface area contributed by atoms with Gasteiger partial charge in [0, 0.05) is 19.1 Å². The highest BCUT2D eigenvalue weighted by molar-refractivity contribution is 9.10. The lowest BCUT2D eigenvalue weighted by atomic mass is 10.0. The Hall–Kier alpha value is -0.350. The van der Waals surface area contributed by atoms with Gasteiger partial charge in [0.25, 0.3) is 0 Å². The monoisotopic (exact) mass is 337 g/mol. The second-order valence-electron chi connectivity index (χ2n) is 6.77. The number of aromatic nitrogens is 2. The molecule has 2 bridgehead atoms. The van der Waals surface area contributed by atoms with Gasteiger partial charge in [0.15, 0.2) is 0 Å². The molecule has 110 valence electrons. The van der Waals surface area contributed by atoms with E-state index in [9.17, 15) is 0 Å². The first-order valence-corrected chi connectivity index (χ1v) is 9.01. The molecule has 1 heterocycles. The molecular weight excluding hydrogens is 314 g/mol. The highest BCUT2D eigenvalue weighted by atomic mass is 79.9. The molecule has 0 radical (unpaired) electrons. The van der Waals surface area contributed by atoms with Gasteiger partial charge in [-0.25, -0.2) is 0 Å². The van der Waals surface area contributed by atoms with Gasteiger partial charge < -0.3 is 5.32 Å². The Morgan fingerprint density at radius 2 is 1.95 bits per heavy atom. The van der Waals surface area contributed by atoms with Crippen LogP contribution in [0.15, 0.2) is 4.47 Å². The average molecular weight is 338 g/mol. The molecule has 4 atom stereocenters. The molecule has 0 amide bonds. The Morgan fingerprint density at radius 3 is 2.55 bits per heavy atom. The summed E-state index contributed by atoms with van der Waals surface area (Å²) in [6.07, 6.45) is 5.53. The molecule has 3 saturated carbocycles. The van der Waals surface area contributed by atoms with E-state index in [1.807, 2.05) is 0 Å². The van der Waals surface area contributed by atoms with Gasteiger partial charge in [-0.05, 0) is 72.2 Å². The van der Waals surface area contributed by atoms with Gasteiger partial charge in [0.2, 0.25) is 0 Å². The van der Waals surface area contributed by atoms with Crippen LogP contribution >= 0.6 is 15.9 Å². The van der Waals surface area contributed by atoms with Gasteiger partial charge in [-0.15, -0.1) is 0 Å². The maximum atomic E-state index is 4.69. The lowest BCUT2D eigenvalue weighted by molar-refractivity contribution is 0.453. The van der Waals surface area contributed by atoms with Crippen molar-refractivity contribution in [3.63, 3.8) is 0 Å². The Labute approximate surface area is 129 Å². The first kappa shape index (κ1) is 13.3. The van der Waals surface area contributed by atoms with Crippen LogP contribution in [0.2, 0.25) is 0 Å². The molecule has 4 unspecified atom stereocenters. The molecule has 3 aliphatic rings. The summed E-state index contributed by atoms with van der Waals surface area (Å²) in [5.74, 6) is 4.12. The third-order valence-corrected chi connectivity index (χ3v) is 6.85. The van der Waals surface area contributed by atoms with Gasteiger partial charge in [0.05, 0.1) is 15.9 Å². The minimum absolute atomic E-state index is 0.804. The zero-order chi connectivity index (χ0) is 13.9. The molecule has 0 saturated heterocycles. The Kier molecular flexibility index (Phi) is 3.22. The summed E-state index contributed by atoms with van der Waals surface area (Å²) >= 11 is 3.75. The van der Waals surface area contributed by atoms with Crippen LogP contribution in [0.25, 0.3) is 0 Å². The molecule has 3 fully saturated rings. The van der Waals surface area contributed by atoms with E-state index < -0.39 is 0 Å². The van der Waals surface area contributed by atoms with E-state index in [4.69, 9.17) is 0 Å². The topological polar surface area (TPSA) is 29.9 Å². The largest absolute Gasteiger partial charge is 0.308 e. The maximum Gasteiger partial charge on any atom is 0.0767 e. The van der Waals surface area contributed by atoms with Crippen molar-refractivity contribution in [1.82, 2.24) is 15.1 Å². The second-order valence-corrected chi connectivity index (χ2v) is 7.56. The zero-order valence-corrected chi connectivity index (χ0v) is 14.0. The second kappa shape index (κ2) is 4.84. The SMILES string of the molecule is CCc1nn(CC)c(CNC2C3C4CCC(C4)C23)c1Br. The van der Waals surface area contributed by atoms with Crippen LogP contribution in [0.5, 0.6) is 0 Å². The smallest absolute Gasteiger partial charge is 0.0767 e. The summed E-state index contributed by atoms with van der Waals surface area (Å²) in [5, 5.41) is 8.53. The van der Waals surface area contributed by atoms with Crippen molar-refractivity contribution in [2.24, 2.45) is 23.7 Å². The number of aryl methyl sites for hydroxylation is 2. The average Bonchev–Trinajstić information content (AvgIpc) is 2.79. The lowest BCUT2D eigenvalue weighted by Gasteiger charge is -2.11. The van der Waals surface area contributed by atoms with Crippen LogP contribution in [0, 0.1) is 23.7 Å². The summed E-state index contributed by atoms with van der Waals surface area (Å²) in [7, 11) is 0. The summed E-state index contributed by atoms with van der Waals surface area (Å²) in [5.41, 5.74) is 2.53. The third-order valence-electron chi connectivity index (χ3n) is 5.93. The Bertz CT molecular complexity index is 508. The van der Waals surface area contributed by atoms with Crippen LogP contribution in [0.1, 0.15) is 44.5 Å². The van der Waals surface area contributed by atoms with Gasteiger partial charge >= 0.3 is 0 Å². The molecule has 1 aromatic rings. The fraction of sp³-hybridized carbons (Fsp3) is 0.812. The number of nitrogens with zero attached hydrogens (tertiary/aromatic N) is 2. The first-order valence-electron chi connectivity index (χ1n) is 8.22. The molecule has 3 nitrogen and oxygen atoms in total. The fourth-order valence-electron chi connectivity index (χ4n) is 5.00. The zero-order valence-electron chi connectivity index (χ0n) is 12.4. The van der Waals surface area contributed by atoms with E-state index >= 15 is 0 Å². The Morgan fingerprint density at radius 1 is 1.25 bits per heavy atom. The minimum Gasteiger partial charge on any atom is -0.308 e. The predicted octanol–water partition coefficient (Wildman–Crippen LogP) is 3.36. The molecule has 1 N–H and O–H groups in total. The van der Waals surface area contributed by atoms with Crippen LogP contribution in [-0.4, -0.2) is 15.8 Å². The van der Waals surface area contributed by atoms with E-state index in [0.717, 1.165) is 49.2 Å². The van der Waals surface area contributed by atoms with Crippen molar-refractivity contribution >= 4 is 15.9 Å². The minimum atomic E-state index is 0.804. The number of nitrogens with one attached hydrogen (secondary N) is 1. The molecule has 0 aromatic carbocycles. The van der Waals surface area contributed by atoms with E-state index in [1.165, 1.54) is 35.1 Å². The number of rotatable bonds is 5. The van der Waals surface area contributed by atoms with Crippen LogP contribution in [0.3, 0.4) is 0 Å².